The minimum atomic E-state index is 0.392. The van der Waals surface area contributed by atoms with E-state index in [9.17, 15) is 0 Å². The van der Waals surface area contributed by atoms with Crippen LogP contribution in [-0.2, 0) is 0 Å². The van der Waals surface area contributed by atoms with E-state index in [0.29, 0.717) is 11.5 Å². The zero-order valence-corrected chi connectivity index (χ0v) is 12.5. The largest absolute Gasteiger partial charge is 0.494 e. The maximum Gasteiger partial charge on any atom is 0.122 e. The molecule has 1 unspecified atom stereocenters. The lowest BCUT2D eigenvalue weighted by molar-refractivity contribution is 0.334. The molecule has 1 aliphatic carbocycles. The third kappa shape index (κ3) is 2.93. The fourth-order valence-electron chi connectivity index (χ4n) is 3.08. The first-order valence-corrected chi connectivity index (χ1v) is 7.22. The van der Waals surface area contributed by atoms with E-state index in [-0.39, 0.29) is 0 Å². The van der Waals surface area contributed by atoms with Crippen molar-refractivity contribution in [3.8, 4) is 5.75 Å². The average Bonchev–Trinajstić information content (AvgIpc) is 3.15. The highest BCUT2D eigenvalue weighted by molar-refractivity contribution is 5.38. The molecule has 0 aliphatic heterocycles. The molecule has 1 aromatic carbocycles. The van der Waals surface area contributed by atoms with Crippen LogP contribution in [0.2, 0.25) is 0 Å². The van der Waals surface area contributed by atoms with Gasteiger partial charge in [-0.15, -0.1) is 0 Å². The summed E-state index contributed by atoms with van der Waals surface area (Å²) in [6.45, 7) is 5.94. The third-order valence-electron chi connectivity index (χ3n) is 4.15. The number of ether oxygens (including phenoxy) is 1. The number of rotatable bonds is 7. The van der Waals surface area contributed by atoms with E-state index in [1.807, 2.05) is 14.0 Å². The van der Waals surface area contributed by atoms with Crippen molar-refractivity contribution in [3.05, 3.63) is 29.3 Å². The molecule has 0 bridgehead atoms. The van der Waals surface area contributed by atoms with E-state index in [0.717, 1.165) is 18.9 Å². The van der Waals surface area contributed by atoms with Gasteiger partial charge in [0.1, 0.15) is 5.75 Å². The maximum atomic E-state index is 5.62. The van der Waals surface area contributed by atoms with Gasteiger partial charge in [0.25, 0.3) is 0 Å². The first kappa shape index (κ1) is 14.4. The molecule has 1 fully saturated rings. The van der Waals surface area contributed by atoms with Gasteiger partial charge < -0.3 is 15.4 Å². The quantitative estimate of drug-likeness (QED) is 0.792. The van der Waals surface area contributed by atoms with Gasteiger partial charge >= 0.3 is 0 Å². The summed E-state index contributed by atoms with van der Waals surface area (Å²) in [5.41, 5.74) is 2.99. The Bertz CT molecular complexity index is 427. The molecular weight excluding hydrogens is 236 g/mol. The molecule has 2 rings (SSSR count). The van der Waals surface area contributed by atoms with Gasteiger partial charge in [0, 0.05) is 18.0 Å². The molecule has 2 N–H and O–H groups in total. The second-order valence-corrected chi connectivity index (χ2v) is 5.57. The van der Waals surface area contributed by atoms with Crippen LogP contribution in [0, 0.1) is 12.3 Å². The summed E-state index contributed by atoms with van der Waals surface area (Å²) < 4.78 is 5.62. The second-order valence-electron chi connectivity index (χ2n) is 5.57. The smallest absolute Gasteiger partial charge is 0.122 e. The van der Waals surface area contributed by atoms with Crippen LogP contribution < -0.4 is 15.4 Å². The van der Waals surface area contributed by atoms with E-state index in [4.69, 9.17) is 4.74 Å². The highest BCUT2D eigenvalue weighted by atomic mass is 16.5. The molecule has 3 nitrogen and oxygen atoms in total. The molecule has 1 atom stereocenters. The second kappa shape index (κ2) is 5.93. The molecule has 1 aliphatic rings. The summed E-state index contributed by atoms with van der Waals surface area (Å²) >= 11 is 0. The molecule has 0 radical (unpaired) electrons. The molecule has 0 saturated heterocycles. The van der Waals surface area contributed by atoms with Crippen molar-refractivity contribution >= 4 is 0 Å². The minimum Gasteiger partial charge on any atom is -0.494 e. The van der Waals surface area contributed by atoms with E-state index in [2.05, 4.69) is 42.8 Å². The lowest BCUT2D eigenvalue weighted by Gasteiger charge is -2.27. The normalized spacial score (nSPS) is 18.1. The Labute approximate surface area is 116 Å². The van der Waals surface area contributed by atoms with Crippen molar-refractivity contribution in [1.29, 1.82) is 0 Å². The fraction of sp³-hybridized carbons (Fsp3) is 0.625. The maximum absolute atomic E-state index is 5.62. The van der Waals surface area contributed by atoms with Gasteiger partial charge in [0.05, 0.1) is 6.61 Å². The number of benzene rings is 1. The van der Waals surface area contributed by atoms with Crippen molar-refractivity contribution in [2.45, 2.75) is 32.7 Å². The zero-order valence-electron chi connectivity index (χ0n) is 12.5. The highest BCUT2D eigenvalue weighted by Crippen LogP contribution is 2.54. The van der Waals surface area contributed by atoms with Crippen LogP contribution >= 0.6 is 0 Å². The highest BCUT2D eigenvalue weighted by Gasteiger charge is 2.48. The topological polar surface area (TPSA) is 33.3 Å². The van der Waals surface area contributed by atoms with Crippen LogP contribution in [0.1, 0.15) is 36.9 Å². The molecule has 0 spiro atoms. The standard InChI is InChI=1S/C16H26N2O/c1-5-19-14-7-6-13(10-12(14)2)15(18-4)16(8-9-16)11-17-3/h6-7,10,15,17-18H,5,8-9,11H2,1-4H3. The predicted molar refractivity (Wildman–Crippen MR) is 79.7 cm³/mol. The van der Waals surface area contributed by atoms with Gasteiger partial charge in [-0.25, -0.2) is 0 Å². The summed E-state index contributed by atoms with van der Waals surface area (Å²) in [5.74, 6) is 1.000. The van der Waals surface area contributed by atoms with Gasteiger partial charge in [-0.2, -0.15) is 0 Å². The predicted octanol–water partition coefficient (Wildman–Crippen LogP) is 2.65. The van der Waals surface area contributed by atoms with Gasteiger partial charge in [-0.05, 0) is 58.0 Å². The molecule has 106 valence electrons. The number of aryl methyl sites for hydroxylation is 1. The van der Waals surface area contributed by atoms with Crippen LogP contribution in [0.5, 0.6) is 5.75 Å². The van der Waals surface area contributed by atoms with Crippen LogP contribution in [-0.4, -0.2) is 27.2 Å². The number of hydrogen-bond acceptors (Lipinski definition) is 3. The molecular formula is C16H26N2O. The Morgan fingerprint density at radius 3 is 2.53 bits per heavy atom. The molecule has 0 amide bonds. The summed E-state index contributed by atoms with van der Waals surface area (Å²) in [7, 11) is 4.10. The SMILES string of the molecule is CCOc1ccc(C(NC)C2(CNC)CC2)cc1C. The third-order valence-corrected chi connectivity index (χ3v) is 4.15. The Hall–Kier alpha value is -1.06. The monoisotopic (exact) mass is 262 g/mol. The fourth-order valence-corrected chi connectivity index (χ4v) is 3.08. The zero-order chi connectivity index (χ0) is 13.9. The van der Waals surface area contributed by atoms with Crippen molar-refractivity contribution in [2.75, 3.05) is 27.2 Å². The van der Waals surface area contributed by atoms with E-state index in [1.54, 1.807) is 0 Å². The van der Waals surface area contributed by atoms with Gasteiger partial charge in [0.2, 0.25) is 0 Å². The molecule has 0 heterocycles. The molecule has 19 heavy (non-hydrogen) atoms. The summed E-state index contributed by atoms with van der Waals surface area (Å²) in [5, 5.41) is 6.84. The molecule has 3 heteroatoms. The Balaban J connectivity index is 2.22. The minimum absolute atomic E-state index is 0.392. The van der Waals surface area contributed by atoms with Gasteiger partial charge in [-0.1, -0.05) is 12.1 Å². The van der Waals surface area contributed by atoms with Gasteiger partial charge in [-0.3, -0.25) is 0 Å². The first-order valence-electron chi connectivity index (χ1n) is 7.22. The van der Waals surface area contributed by atoms with Crippen molar-refractivity contribution < 1.29 is 4.74 Å². The summed E-state index contributed by atoms with van der Waals surface area (Å²) in [4.78, 5) is 0. The Morgan fingerprint density at radius 2 is 2.05 bits per heavy atom. The summed E-state index contributed by atoms with van der Waals surface area (Å²) in [6, 6.07) is 7.00. The van der Waals surface area contributed by atoms with Crippen LogP contribution in [0.25, 0.3) is 0 Å². The Morgan fingerprint density at radius 1 is 1.32 bits per heavy atom. The van der Waals surface area contributed by atoms with E-state index in [1.165, 1.54) is 24.0 Å². The average molecular weight is 262 g/mol. The van der Waals surface area contributed by atoms with Crippen LogP contribution in [0.4, 0.5) is 0 Å². The molecule has 1 saturated carbocycles. The lowest BCUT2D eigenvalue weighted by atomic mass is 9.89. The number of nitrogens with one attached hydrogen (secondary N) is 2. The van der Waals surface area contributed by atoms with Crippen molar-refractivity contribution in [3.63, 3.8) is 0 Å². The van der Waals surface area contributed by atoms with Crippen molar-refractivity contribution in [1.82, 2.24) is 10.6 Å². The lowest BCUT2D eigenvalue weighted by Crippen LogP contribution is -2.33. The van der Waals surface area contributed by atoms with Gasteiger partial charge in [0.15, 0.2) is 0 Å². The van der Waals surface area contributed by atoms with Crippen LogP contribution in [0.3, 0.4) is 0 Å². The van der Waals surface area contributed by atoms with E-state index < -0.39 is 0 Å². The van der Waals surface area contributed by atoms with Crippen molar-refractivity contribution in [2.24, 2.45) is 5.41 Å². The first-order chi connectivity index (χ1) is 9.16. The van der Waals surface area contributed by atoms with Crippen LogP contribution in [0.15, 0.2) is 18.2 Å². The Kier molecular flexibility index (Phi) is 4.48. The summed E-state index contributed by atoms with van der Waals surface area (Å²) in [6.07, 6.45) is 2.59. The number of hydrogen-bond donors (Lipinski definition) is 2. The molecule has 1 aromatic rings. The molecule has 0 aromatic heterocycles. The van der Waals surface area contributed by atoms with E-state index >= 15 is 0 Å².